The SMILES string of the molecule is NC(=O)C1=C(O)C2(O)C(=O)c3c(cc4c(C5CCOCC5)ccc(O)c4c3O)CC2CC1=O. The molecule has 3 aliphatic rings. The summed E-state index contributed by atoms with van der Waals surface area (Å²) in [7, 11) is 0. The van der Waals surface area contributed by atoms with Gasteiger partial charge < -0.3 is 30.9 Å². The van der Waals surface area contributed by atoms with Gasteiger partial charge in [0, 0.05) is 25.6 Å². The molecule has 0 saturated carbocycles. The Hall–Kier alpha value is -3.43. The van der Waals surface area contributed by atoms with Crippen molar-refractivity contribution in [3.05, 3.63) is 46.2 Å². The summed E-state index contributed by atoms with van der Waals surface area (Å²) in [5.74, 6) is -5.79. The molecule has 0 radical (unpaired) electrons. The predicted molar refractivity (Wildman–Crippen MR) is 115 cm³/mol. The van der Waals surface area contributed by atoms with Gasteiger partial charge in [0.1, 0.15) is 22.8 Å². The van der Waals surface area contributed by atoms with Crippen molar-refractivity contribution in [2.45, 2.75) is 37.2 Å². The van der Waals surface area contributed by atoms with Crippen LogP contribution in [0.4, 0.5) is 0 Å². The van der Waals surface area contributed by atoms with E-state index in [1.54, 1.807) is 12.1 Å². The highest BCUT2D eigenvalue weighted by molar-refractivity contribution is 6.23. The smallest absolute Gasteiger partial charge is 0.255 e. The van der Waals surface area contributed by atoms with E-state index >= 15 is 0 Å². The summed E-state index contributed by atoms with van der Waals surface area (Å²) in [5, 5.41) is 44.1. The number of aromatic hydroxyl groups is 2. The lowest BCUT2D eigenvalue weighted by molar-refractivity contribution is -0.125. The van der Waals surface area contributed by atoms with Gasteiger partial charge in [-0.15, -0.1) is 0 Å². The number of benzene rings is 2. The molecule has 2 aromatic rings. The first kappa shape index (κ1) is 21.4. The Morgan fingerprint density at radius 1 is 1.09 bits per heavy atom. The molecule has 9 nitrogen and oxygen atoms in total. The molecule has 1 amide bonds. The number of phenolic OH excluding ortho intramolecular Hbond substituents is 2. The van der Waals surface area contributed by atoms with Crippen molar-refractivity contribution in [2.24, 2.45) is 11.7 Å². The van der Waals surface area contributed by atoms with Gasteiger partial charge in [-0.2, -0.15) is 0 Å². The van der Waals surface area contributed by atoms with Crippen molar-refractivity contribution in [3.8, 4) is 11.5 Å². The normalized spacial score (nSPS) is 25.8. The summed E-state index contributed by atoms with van der Waals surface area (Å²) in [4.78, 5) is 37.6. The Balaban J connectivity index is 1.74. The maximum Gasteiger partial charge on any atom is 0.255 e. The number of carbonyl (C=O) groups is 3. The molecule has 9 heteroatoms. The Bertz CT molecular complexity index is 1270. The topological polar surface area (TPSA) is 167 Å². The van der Waals surface area contributed by atoms with Crippen LogP contribution in [-0.4, -0.2) is 56.7 Å². The van der Waals surface area contributed by atoms with Gasteiger partial charge in [-0.3, -0.25) is 14.4 Å². The van der Waals surface area contributed by atoms with Gasteiger partial charge in [-0.25, -0.2) is 0 Å². The van der Waals surface area contributed by atoms with Crippen LogP contribution in [0.25, 0.3) is 10.8 Å². The lowest BCUT2D eigenvalue weighted by Gasteiger charge is -2.41. The molecule has 172 valence electrons. The largest absolute Gasteiger partial charge is 0.508 e. The monoisotopic (exact) mass is 453 g/mol. The van der Waals surface area contributed by atoms with Gasteiger partial charge >= 0.3 is 0 Å². The average Bonchev–Trinajstić information content (AvgIpc) is 2.76. The number of primary amides is 1. The van der Waals surface area contributed by atoms with Crippen molar-refractivity contribution in [2.75, 3.05) is 13.2 Å². The van der Waals surface area contributed by atoms with Crippen LogP contribution in [0.2, 0.25) is 0 Å². The highest BCUT2D eigenvalue weighted by atomic mass is 16.5. The number of phenols is 2. The summed E-state index contributed by atoms with van der Waals surface area (Å²) >= 11 is 0. The van der Waals surface area contributed by atoms with Crippen molar-refractivity contribution in [1.82, 2.24) is 0 Å². The van der Waals surface area contributed by atoms with Crippen LogP contribution in [0, 0.1) is 5.92 Å². The molecule has 2 unspecified atom stereocenters. The molecule has 6 N–H and O–H groups in total. The molecule has 2 atom stereocenters. The van der Waals surface area contributed by atoms with Crippen LogP contribution < -0.4 is 5.73 Å². The quantitative estimate of drug-likeness (QED) is 0.426. The van der Waals surface area contributed by atoms with Crippen molar-refractivity contribution in [3.63, 3.8) is 0 Å². The fourth-order valence-corrected chi connectivity index (χ4v) is 5.54. The Morgan fingerprint density at radius 3 is 2.45 bits per heavy atom. The number of carbonyl (C=O) groups excluding carboxylic acids is 3. The third-order valence-corrected chi connectivity index (χ3v) is 7.22. The molecule has 0 aromatic heterocycles. The van der Waals surface area contributed by atoms with E-state index < -0.39 is 46.1 Å². The second-order valence-electron chi connectivity index (χ2n) is 8.95. The van der Waals surface area contributed by atoms with Crippen LogP contribution in [0.1, 0.15) is 46.7 Å². The molecule has 1 fully saturated rings. The van der Waals surface area contributed by atoms with Gasteiger partial charge in [-0.1, -0.05) is 6.07 Å². The maximum absolute atomic E-state index is 13.5. The fraction of sp³-hybridized carbons (Fsp3) is 0.375. The summed E-state index contributed by atoms with van der Waals surface area (Å²) in [5.41, 5.74) is 2.83. The van der Waals surface area contributed by atoms with E-state index in [-0.39, 0.29) is 35.5 Å². The number of nitrogens with two attached hydrogens (primary N) is 1. The number of aliphatic hydroxyl groups excluding tert-OH is 1. The first-order chi connectivity index (χ1) is 15.7. The maximum atomic E-state index is 13.5. The zero-order valence-electron chi connectivity index (χ0n) is 17.6. The molecule has 2 aromatic carbocycles. The number of ketones is 2. The molecule has 0 bridgehead atoms. The van der Waals surface area contributed by atoms with Crippen LogP contribution in [0.3, 0.4) is 0 Å². The van der Waals surface area contributed by atoms with Crippen molar-refractivity contribution >= 4 is 28.2 Å². The van der Waals surface area contributed by atoms with Gasteiger partial charge in [0.05, 0.1) is 10.9 Å². The lowest BCUT2D eigenvalue weighted by Crippen LogP contribution is -2.56. The number of hydrogen-bond acceptors (Lipinski definition) is 8. The first-order valence-corrected chi connectivity index (χ1v) is 10.8. The van der Waals surface area contributed by atoms with Crippen LogP contribution in [0.5, 0.6) is 11.5 Å². The molecule has 5 rings (SSSR count). The predicted octanol–water partition coefficient (Wildman–Crippen LogP) is 1.50. The number of hydrogen-bond donors (Lipinski definition) is 5. The van der Waals surface area contributed by atoms with Gasteiger partial charge in [0.25, 0.3) is 5.91 Å². The third kappa shape index (κ3) is 2.89. The molecule has 33 heavy (non-hydrogen) atoms. The van der Waals surface area contributed by atoms with E-state index in [1.165, 1.54) is 6.07 Å². The Morgan fingerprint density at radius 2 is 1.79 bits per heavy atom. The van der Waals surface area contributed by atoms with Crippen molar-refractivity contribution < 1.29 is 39.5 Å². The minimum absolute atomic E-state index is 0.00815. The minimum atomic E-state index is -2.58. The summed E-state index contributed by atoms with van der Waals surface area (Å²) in [6.45, 7) is 1.18. The number of rotatable bonds is 2. The van der Waals surface area contributed by atoms with E-state index in [2.05, 4.69) is 0 Å². The molecule has 1 saturated heterocycles. The van der Waals surface area contributed by atoms with Gasteiger partial charge in [0.15, 0.2) is 11.4 Å². The summed E-state index contributed by atoms with van der Waals surface area (Å²) < 4.78 is 5.44. The zero-order chi connectivity index (χ0) is 23.7. The lowest BCUT2D eigenvalue weighted by atomic mass is 9.64. The number of ether oxygens (including phenoxy) is 1. The Labute approximate surface area is 188 Å². The van der Waals surface area contributed by atoms with Crippen molar-refractivity contribution in [1.29, 1.82) is 0 Å². The van der Waals surface area contributed by atoms with E-state index in [4.69, 9.17) is 10.5 Å². The van der Waals surface area contributed by atoms with E-state index in [0.717, 1.165) is 18.4 Å². The molecular formula is C24H23NO8. The standard InChI is InChI=1S/C24H23NO8/c25-23(31)19-16(27)9-12-7-11-8-14-13(10-3-5-33-6-4-10)1-2-15(26)18(14)20(28)17(11)21(29)24(12,32)22(19)30/h1-2,8,10,12,26,28,30,32H,3-7,9H2,(H2,25,31). The highest BCUT2D eigenvalue weighted by Gasteiger charge is 2.57. The highest BCUT2D eigenvalue weighted by Crippen LogP contribution is 2.50. The number of aliphatic hydroxyl groups is 2. The number of amides is 1. The first-order valence-electron chi connectivity index (χ1n) is 10.8. The van der Waals surface area contributed by atoms with Crippen LogP contribution >= 0.6 is 0 Å². The molecule has 1 aliphatic heterocycles. The fourth-order valence-electron chi connectivity index (χ4n) is 5.54. The Kier molecular flexibility index (Phi) is 4.73. The molecule has 0 spiro atoms. The number of fused-ring (bicyclic) bond motifs is 3. The second kappa shape index (κ2) is 7.29. The molecule has 2 aliphatic carbocycles. The van der Waals surface area contributed by atoms with Gasteiger partial charge in [0.2, 0.25) is 5.78 Å². The number of Topliss-reactive ketones (excluding diaryl/α,β-unsaturated/α-hetero) is 2. The van der Waals surface area contributed by atoms with E-state index in [0.29, 0.717) is 24.2 Å². The second-order valence-corrected chi connectivity index (χ2v) is 8.95. The minimum Gasteiger partial charge on any atom is -0.508 e. The van der Waals surface area contributed by atoms with Gasteiger partial charge in [-0.05, 0) is 53.8 Å². The summed E-state index contributed by atoms with van der Waals surface area (Å²) in [6.07, 6.45) is 1.16. The van der Waals surface area contributed by atoms with E-state index in [1.807, 2.05) is 0 Å². The molecule has 1 heterocycles. The summed E-state index contributed by atoms with van der Waals surface area (Å²) in [6, 6.07) is 4.94. The zero-order valence-corrected chi connectivity index (χ0v) is 17.6. The van der Waals surface area contributed by atoms with Crippen LogP contribution in [0.15, 0.2) is 29.5 Å². The third-order valence-electron chi connectivity index (χ3n) is 7.22. The molecular weight excluding hydrogens is 430 g/mol. The van der Waals surface area contributed by atoms with E-state index in [9.17, 15) is 34.8 Å². The average molecular weight is 453 g/mol. The van der Waals surface area contributed by atoms with Crippen LogP contribution in [-0.2, 0) is 20.7 Å².